The molecule has 1 amide bonds. The van der Waals surface area contributed by atoms with Gasteiger partial charge in [-0.15, -0.1) is 0 Å². The van der Waals surface area contributed by atoms with Gasteiger partial charge in [-0.2, -0.15) is 0 Å². The van der Waals surface area contributed by atoms with Gasteiger partial charge in [0.05, 0.1) is 12.7 Å². The maximum absolute atomic E-state index is 12.1. The van der Waals surface area contributed by atoms with E-state index in [9.17, 15) is 4.79 Å². The highest BCUT2D eigenvalue weighted by atomic mass is 16.2. The van der Waals surface area contributed by atoms with Crippen molar-refractivity contribution in [3.63, 3.8) is 0 Å². The minimum absolute atomic E-state index is 0.262. The molecular formula is C14H27N3O. The first-order chi connectivity index (χ1) is 8.49. The number of hydrogen-bond acceptors (Lipinski definition) is 3. The summed E-state index contributed by atoms with van der Waals surface area (Å²) in [6.45, 7) is 8.33. The SMILES string of the molecule is CC(C)CC1NCC(=O)N1C1CCN(C)C(C)C1. The fourth-order valence-electron chi connectivity index (χ4n) is 3.19. The lowest BCUT2D eigenvalue weighted by atomic mass is 9.96. The first kappa shape index (κ1) is 13.8. The molecule has 0 aliphatic carbocycles. The minimum Gasteiger partial charge on any atom is -0.323 e. The van der Waals surface area contributed by atoms with Crippen LogP contribution in [-0.4, -0.2) is 54.1 Å². The molecule has 4 heteroatoms. The smallest absolute Gasteiger partial charge is 0.238 e. The summed E-state index contributed by atoms with van der Waals surface area (Å²) in [6.07, 6.45) is 3.55. The van der Waals surface area contributed by atoms with E-state index in [-0.39, 0.29) is 6.17 Å². The van der Waals surface area contributed by atoms with Crippen LogP contribution in [0.5, 0.6) is 0 Å². The maximum Gasteiger partial charge on any atom is 0.238 e. The minimum atomic E-state index is 0.262. The molecule has 2 heterocycles. The van der Waals surface area contributed by atoms with Gasteiger partial charge in [-0.25, -0.2) is 0 Å². The summed E-state index contributed by atoms with van der Waals surface area (Å²) >= 11 is 0. The standard InChI is InChI=1S/C14H27N3O/c1-10(2)7-13-15-9-14(18)17(13)12-5-6-16(4)11(3)8-12/h10-13,15H,5-9H2,1-4H3. The number of piperidine rings is 1. The van der Waals surface area contributed by atoms with Gasteiger partial charge in [0.15, 0.2) is 0 Å². The Kier molecular flexibility index (Phi) is 4.28. The van der Waals surface area contributed by atoms with Crippen molar-refractivity contribution >= 4 is 5.91 Å². The summed E-state index contributed by atoms with van der Waals surface area (Å²) in [4.78, 5) is 16.6. The molecule has 0 bridgehead atoms. The van der Waals surface area contributed by atoms with Gasteiger partial charge in [0, 0.05) is 18.6 Å². The Balaban J connectivity index is 2.02. The third-order valence-electron chi connectivity index (χ3n) is 4.38. The molecule has 0 aromatic heterocycles. The monoisotopic (exact) mass is 253 g/mol. The topological polar surface area (TPSA) is 35.6 Å². The Morgan fingerprint density at radius 2 is 2.17 bits per heavy atom. The van der Waals surface area contributed by atoms with Crippen molar-refractivity contribution in [3.8, 4) is 0 Å². The molecular weight excluding hydrogens is 226 g/mol. The molecule has 0 saturated carbocycles. The zero-order valence-electron chi connectivity index (χ0n) is 12.1. The van der Waals surface area contributed by atoms with E-state index in [0.717, 1.165) is 25.8 Å². The van der Waals surface area contributed by atoms with E-state index >= 15 is 0 Å². The van der Waals surface area contributed by atoms with Crippen LogP contribution in [-0.2, 0) is 4.79 Å². The van der Waals surface area contributed by atoms with Crippen LogP contribution in [0.4, 0.5) is 0 Å². The molecule has 2 aliphatic heterocycles. The second kappa shape index (κ2) is 5.57. The van der Waals surface area contributed by atoms with Crippen LogP contribution < -0.4 is 5.32 Å². The third kappa shape index (κ3) is 2.86. The fourth-order valence-corrected chi connectivity index (χ4v) is 3.19. The quantitative estimate of drug-likeness (QED) is 0.823. The van der Waals surface area contributed by atoms with Crippen LogP contribution in [0, 0.1) is 5.92 Å². The van der Waals surface area contributed by atoms with Crippen molar-refractivity contribution < 1.29 is 4.79 Å². The first-order valence-corrected chi connectivity index (χ1v) is 7.23. The number of carbonyl (C=O) groups is 1. The largest absolute Gasteiger partial charge is 0.323 e. The molecule has 2 fully saturated rings. The Hall–Kier alpha value is -0.610. The lowest BCUT2D eigenvalue weighted by molar-refractivity contribution is -0.131. The molecule has 3 unspecified atom stereocenters. The molecule has 104 valence electrons. The molecule has 0 spiro atoms. The van der Waals surface area contributed by atoms with Gasteiger partial charge >= 0.3 is 0 Å². The summed E-state index contributed by atoms with van der Waals surface area (Å²) in [5.74, 6) is 0.919. The molecule has 4 nitrogen and oxygen atoms in total. The average molecular weight is 253 g/mol. The zero-order chi connectivity index (χ0) is 13.3. The molecule has 3 atom stereocenters. The molecule has 2 rings (SSSR count). The summed E-state index contributed by atoms with van der Waals surface area (Å²) in [7, 11) is 2.18. The number of hydrogen-bond donors (Lipinski definition) is 1. The summed E-state index contributed by atoms with van der Waals surface area (Å²) in [6, 6.07) is 1.01. The molecule has 2 saturated heterocycles. The molecule has 0 radical (unpaired) electrons. The van der Waals surface area contributed by atoms with E-state index in [0.29, 0.717) is 30.5 Å². The summed E-state index contributed by atoms with van der Waals surface area (Å²) < 4.78 is 0. The molecule has 1 N–H and O–H groups in total. The third-order valence-corrected chi connectivity index (χ3v) is 4.38. The molecule has 18 heavy (non-hydrogen) atoms. The van der Waals surface area contributed by atoms with Crippen LogP contribution >= 0.6 is 0 Å². The van der Waals surface area contributed by atoms with Crippen LogP contribution in [0.3, 0.4) is 0 Å². The van der Waals surface area contributed by atoms with Crippen molar-refractivity contribution in [1.82, 2.24) is 15.1 Å². The van der Waals surface area contributed by atoms with Gasteiger partial charge < -0.3 is 9.80 Å². The normalized spacial score (nSPS) is 34.6. The molecule has 0 aromatic rings. The van der Waals surface area contributed by atoms with E-state index in [1.54, 1.807) is 0 Å². The van der Waals surface area contributed by atoms with E-state index in [1.807, 2.05) is 0 Å². The van der Waals surface area contributed by atoms with E-state index in [1.165, 1.54) is 0 Å². The average Bonchev–Trinajstić information content (AvgIpc) is 2.63. The van der Waals surface area contributed by atoms with Gasteiger partial charge in [-0.3, -0.25) is 10.1 Å². The fraction of sp³-hybridized carbons (Fsp3) is 0.929. The van der Waals surface area contributed by atoms with Crippen LogP contribution in [0.1, 0.15) is 40.0 Å². The second-order valence-electron chi connectivity index (χ2n) is 6.34. The number of nitrogens with zero attached hydrogens (tertiary/aromatic N) is 2. The second-order valence-corrected chi connectivity index (χ2v) is 6.34. The Bertz CT molecular complexity index is 305. The predicted molar refractivity (Wildman–Crippen MR) is 73.2 cm³/mol. The molecule has 2 aliphatic rings. The van der Waals surface area contributed by atoms with E-state index < -0.39 is 0 Å². The van der Waals surface area contributed by atoms with Crippen molar-refractivity contribution in [2.24, 2.45) is 5.92 Å². The Morgan fingerprint density at radius 1 is 1.44 bits per heavy atom. The highest BCUT2D eigenvalue weighted by Crippen LogP contribution is 2.26. The van der Waals surface area contributed by atoms with Gasteiger partial charge in [0.1, 0.15) is 0 Å². The van der Waals surface area contributed by atoms with Crippen molar-refractivity contribution in [2.45, 2.75) is 58.3 Å². The summed E-state index contributed by atoms with van der Waals surface area (Å²) in [5.41, 5.74) is 0. The van der Waals surface area contributed by atoms with Crippen molar-refractivity contribution in [3.05, 3.63) is 0 Å². The lowest BCUT2D eigenvalue weighted by Crippen LogP contribution is -2.52. The van der Waals surface area contributed by atoms with Crippen molar-refractivity contribution in [1.29, 1.82) is 0 Å². The number of amides is 1. The summed E-state index contributed by atoms with van der Waals surface area (Å²) in [5, 5.41) is 3.37. The molecule has 0 aromatic carbocycles. The zero-order valence-corrected chi connectivity index (χ0v) is 12.1. The Morgan fingerprint density at radius 3 is 2.78 bits per heavy atom. The predicted octanol–water partition coefficient (Wildman–Crippen LogP) is 1.27. The Labute approximate surface area is 111 Å². The van der Waals surface area contributed by atoms with Gasteiger partial charge in [0.2, 0.25) is 5.91 Å². The van der Waals surface area contributed by atoms with Gasteiger partial charge in [-0.1, -0.05) is 13.8 Å². The van der Waals surface area contributed by atoms with Crippen molar-refractivity contribution in [2.75, 3.05) is 20.1 Å². The highest BCUT2D eigenvalue weighted by molar-refractivity contribution is 5.81. The number of carbonyl (C=O) groups excluding carboxylic acids is 1. The first-order valence-electron chi connectivity index (χ1n) is 7.23. The highest BCUT2D eigenvalue weighted by Gasteiger charge is 2.38. The van der Waals surface area contributed by atoms with Crippen LogP contribution in [0.15, 0.2) is 0 Å². The van der Waals surface area contributed by atoms with E-state index in [2.05, 4.69) is 42.9 Å². The number of likely N-dealkylation sites (tertiary alicyclic amines) is 1. The maximum atomic E-state index is 12.1. The van der Waals surface area contributed by atoms with Gasteiger partial charge in [0.25, 0.3) is 0 Å². The number of rotatable bonds is 3. The van der Waals surface area contributed by atoms with Crippen LogP contribution in [0.2, 0.25) is 0 Å². The van der Waals surface area contributed by atoms with Gasteiger partial charge in [-0.05, 0) is 39.2 Å². The van der Waals surface area contributed by atoms with E-state index in [4.69, 9.17) is 0 Å². The number of nitrogens with one attached hydrogen (secondary N) is 1. The lowest BCUT2D eigenvalue weighted by Gasteiger charge is -2.41. The van der Waals surface area contributed by atoms with Crippen LogP contribution in [0.25, 0.3) is 0 Å².